The van der Waals surface area contributed by atoms with E-state index in [-0.39, 0.29) is 11.0 Å². The molecule has 0 aliphatic carbocycles. The quantitative estimate of drug-likeness (QED) is 0.885. The molecular formula is C22H31N5O. The molecule has 28 heavy (non-hydrogen) atoms. The fraction of sp³-hybridized carbons (Fsp3) is 0.591. The van der Waals surface area contributed by atoms with Gasteiger partial charge in [-0.3, -0.25) is 9.69 Å². The number of rotatable bonds is 3. The lowest BCUT2D eigenvalue weighted by molar-refractivity contribution is 0.240. The molecule has 2 aromatic rings. The second kappa shape index (κ2) is 7.66. The van der Waals surface area contributed by atoms with Crippen molar-refractivity contribution >= 4 is 5.82 Å². The highest BCUT2D eigenvalue weighted by molar-refractivity contribution is 5.39. The van der Waals surface area contributed by atoms with Crippen molar-refractivity contribution in [3.63, 3.8) is 0 Å². The summed E-state index contributed by atoms with van der Waals surface area (Å²) in [6.07, 6.45) is 6.66. The van der Waals surface area contributed by atoms with Gasteiger partial charge in [0.05, 0.1) is 11.3 Å². The summed E-state index contributed by atoms with van der Waals surface area (Å²) in [5.41, 5.74) is 2.84. The number of piperidine rings is 1. The zero-order chi connectivity index (χ0) is 19.7. The minimum absolute atomic E-state index is 0.0122. The standard InChI is InChI=1S/C22H31N5O/c1-22(2,3)21-24-18-9-12-26(15-17(18)20(28)25-21)14-16-7-8-19(23-13-16)27-10-5-4-6-11-27/h7-8,13H,4-6,9-12,14-15H2,1-3H3,(H,24,25,28). The van der Waals surface area contributed by atoms with Gasteiger partial charge in [-0.1, -0.05) is 26.8 Å². The Morgan fingerprint density at radius 3 is 2.57 bits per heavy atom. The van der Waals surface area contributed by atoms with Gasteiger partial charge in [0, 0.05) is 50.8 Å². The van der Waals surface area contributed by atoms with Crippen LogP contribution in [0.3, 0.4) is 0 Å². The van der Waals surface area contributed by atoms with Crippen molar-refractivity contribution in [2.75, 3.05) is 24.5 Å². The van der Waals surface area contributed by atoms with Crippen LogP contribution in [0.15, 0.2) is 23.1 Å². The number of nitrogens with zero attached hydrogens (tertiary/aromatic N) is 4. The van der Waals surface area contributed by atoms with Gasteiger partial charge in [-0.05, 0) is 30.9 Å². The molecule has 1 fully saturated rings. The van der Waals surface area contributed by atoms with E-state index in [0.29, 0.717) is 6.54 Å². The summed E-state index contributed by atoms with van der Waals surface area (Å²) >= 11 is 0. The van der Waals surface area contributed by atoms with Gasteiger partial charge in [0.1, 0.15) is 11.6 Å². The van der Waals surface area contributed by atoms with E-state index in [1.807, 2.05) is 6.20 Å². The molecule has 0 bridgehead atoms. The largest absolute Gasteiger partial charge is 0.357 e. The highest BCUT2D eigenvalue weighted by Gasteiger charge is 2.25. The van der Waals surface area contributed by atoms with Gasteiger partial charge in [0.2, 0.25) is 0 Å². The van der Waals surface area contributed by atoms with Crippen LogP contribution in [0.5, 0.6) is 0 Å². The van der Waals surface area contributed by atoms with Crippen molar-refractivity contribution in [3.8, 4) is 0 Å². The number of aromatic amines is 1. The van der Waals surface area contributed by atoms with E-state index in [0.717, 1.165) is 55.5 Å². The molecule has 0 saturated carbocycles. The Morgan fingerprint density at radius 2 is 1.89 bits per heavy atom. The smallest absolute Gasteiger partial charge is 0.255 e. The monoisotopic (exact) mass is 381 g/mol. The summed E-state index contributed by atoms with van der Waals surface area (Å²) in [6.45, 7) is 10.8. The average molecular weight is 382 g/mol. The van der Waals surface area contributed by atoms with Crippen LogP contribution in [0.2, 0.25) is 0 Å². The summed E-state index contributed by atoms with van der Waals surface area (Å²) in [5.74, 6) is 1.87. The highest BCUT2D eigenvalue weighted by Crippen LogP contribution is 2.22. The number of nitrogens with one attached hydrogen (secondary N) is 1. The maximum Gasteiger partial charge on any atom is 0.255 e. The average Bonchev–Trinajstić information content (AvgIpc) is 2.69. The van der Waals surface area contributed by atoms with Gasteiger partial charge < -0.3 is 9.88 Å². The molecule has 6 heteroatoms. The van der Waals surface area contributed by atoms with Crippen LogP contribution in [0, 0.1) is 0 Å². The van der Waals surface area contributed by atoms with Crippen molar-refractivity contribution < 1.29 is 0 Å². The Morgan fingerprint density at radius 1 is 1.11 bits per heavy atom. The van der Waals surface area contributed by atoms with Crippen molar-refractivity contribution in [1.29, 1.82) is 0 Å². The van der Waals surface area contributed by atoms with Crippen molar-refractivity contribution in [2.45, 2.75) is 65.0 Å². The van der Waals surface area contributed by atoms with E-state index in [1.165, 1.54) is 24.8 Å². The van der Waals surface area contributed by atoms with Gasteiger partial charge in [-0.25, -0.2) is 9.97 Å². The summed E-state index contributed by atoms with van der Waals surface area (Å²) in [5, 5.41) is 0. The van der Waals surface area contributed by atoms with E-state index in [9.17, 15) is 4.79 Å². The summed E-state index contributed by atoms with van der Waals surface area (Å²) in [6, 6.07) is 4.32. The topological polar surface area (TPSA) is 65.1 Å². The lowest BCUT2D eigenvalue weighted by Gasteiger charge is -2.29. The first-order valence-electron chi connectivity index (χ1n) is 10.4. The molecule has 1 N–H and O–H groups in total. The molecule has 0 radical (unpaired) electrons. The van der Waals surface area contributed by atoms with Gasteiger partial charge in [-0.15, -0.1) is 0 Å². The molecule has 4 heterocycles. The van der Waals surface area contributed by atoms with Crippen LogP contribution in [0.1, 0.15) is 62.7 Å². The number of hydrogen-bond donors (Lipinski definition) is 1. The molecule has 1 saturated heterocycles. The third-order valence-corrected chi connectivity index (χ3v) is 5.75. The van der Waals surface area contributed by atoms with Crippen LogP contribution in [0.4, 0.5) is 5.82 Å². The van der Waals surface area contributed by atoms with Crippen LogP contribution in [-0.4, -0.2) is 39.5 Å². The number of aromatic nitrogens is 3. The van der Waals surface area contributed by atoms with Crippen molar-refractivity contribution in [1.82, 2.24) is 19.9 Å². The molecule has 0 amide bonds. The lowest BCUT2D eigenvalue weighted by Crippen LogP contribution is -2.37. The number of pyridine rings is 1. The molecule has 0 atom stereocenters. The number of hydrogen-bond acceptors (Lipinski definition) is 5. The van der Waals surface area contributed by atoms with E-state index < -0.39 is 0 Å². The fourth-order valence-corrected chi connectivity index (χ4v) is 4.05. The predicted molar refractivity (Wildman–Crippen MR) is 112 cm³/mol. The first-order chi connectivity index (χ1) is 13.4. The lowest BCUT2D eigenvalue weighted by atomic mass is 9.95. The van der Waals surface area contributed by atoms with E-state index in [1.54, 1.807) is 0 Å². The number of H-pyrrole nitrogens is 1. The SMILES string of the molecule is CC(C)(C)c1nc2c(c(=O)[nH]1)CN(Cc1ccc(N3CCCCC3)nc1)CC2. The minimum atomic E-state index is -0.146. The van der Waals surface area contributed by atoms with E-state index >= 15 is 0 Å². The summed E-state index contributed by atoms with van der Waals surface area (Å²) in [4.78, 5) is 29.7. The van der Waals surface area contributed by atoms with Crippen LogP contribution < -0.4 is 10.5 Å². The molecule has 2 aliphatic heterocycles. The minimum Gasteiger partial charge on any atom is -0.357 e. The molecule has 2 aliphatic rings. The Labute approximate surface area is 167 Å². The first kappa shape index (κ1) is 19.1. The Balaban J connectivity index is 1.44. The maximum atomic E-state index is 12.6. The second-order valence-corrected chi connectivity index (χ2v) is 9.12. The van der Waals surface area contributed by atoms with Crippen LogP contribution in [-0.2, 0) is 24.9 Å². The molecule has 0 spiro atoms. The molecule has 4 rings (SSSR count). The molecule has 2 aromatic heterocycles. The predicted octanol–water partition coefficient (Wildman–Crippen LogP) is 3.01. The zero-order valence-electron chi connectivity index (χ0n) is 17.3. The zero-order valence-corrected chi connectivity index (χ0v) is 17.3. The molecule has 6 nitrogen and oxygen atoms in total. The summed E-state index contributed by atoms with van der Waals surface area (Å²) < 4.78 is 0. The second-order valence-electron chi connectivity index (χ2n) is 9.12. The van der Waals surface area contributed by atoms with Crippen molar-refractivity contribution in [3.05, 3.63) is 51.3 Å². The van der Waals surface area contributed by atoms with E-state index in [2.05, 4.69) is 52.7 Å². The molecular weight excluding hydrogens is 350 g/mol. The third-order valence-electron chi connectivity index (χ3n) is 5.75. The Kier molecular flexibility index (Phi) is 5.23. The van der Waals surface area contributed by atoms with Gasteiger partial charge in [-0.2, -0.15) is 0 Å². The third kappa shape index (κ3) is 4.12. The first-order valence-corrected chi connectivity index (χ1v) is 10.4. The van der Waals surface area contributed by atoms with Crippen molar-refractivity contribution in [2.24, 2.45) is 0 Å². The maximum absolute atomic E-state index is 12.6. The number of fused-ring (bicyclic) bond motifs is 1. The molecule has 0 unspecified atom stereocenters. The summed E-state index contributed by atoms with van der Waals surface area (Å²) in [7, 11) is 0. The van der Waals surface area contributed by atoms with Crippen LogP contribution in [0.25, 0.3) is 0 Å². The van der Waals surface area contributed by atoms with Crippen LogP contribution >= 0.6 is 0 Å². The van der Waals surface area contributed by atoms with E-state index in [4.69, 9.17) is 4.98 Å². The Bertz CT molecular complexity index is 875. The normalized spacial score (nSPS) is 18.2. The fourth-order valence-electron chi connectivity index (χ4n) is 4.05. The molecule has 150 valence electrons. The number of anilines is 1. The highest BCUT2D eigenvalue weighted by atomic mass is 16.1. The van der Waals surface area contributed by atoms with Gasteiger partial charge in [0.25, 0.3) is 5.56 Å². The van der Waals surface area contributed by atoms with Gasteiger partial charge in [0.15, 0.2) is 0 Å². The Hall–Kier alpha value is -2.21. The molecule has 0 aromatic carbocycles. The van der Waals surface area contributed by atoms with Gasteiger partial charge >= 0.3 is 0 Å².